The Hall–Kier alpha value is -4.00. The summed E-state index contributed by atoms with van der Waals surface area (Å²) in [5.74, 6) is -0.376. The van der Waals surface area contributed by atoms with Crippen molar-refractivity contribution in [1.82, 2.24) is 15.0 Å². The van der Waals surface area contributed by atoms with Crippen molar-refractivity contribution in [3.63, 3.8) is 0 Å². The molecule has 65 heavy (non-hydrogen) atoms. The molecule has 3 aromatic heterocycles. The highest BCUT2D eigenvalue weighted by atomic mass is 79.9. The number of rotatable bonds is 10. The summed E-state index contributed by atoms with van der Waals surface area (Å²) >= 11 is 8.20. The zero-order chi connectivity index (χ0) is 48.1. The van der Waals surface area contributed by atoms with Crippen LogP contribution in [0, 0.1) is 0 Å². The number of ether oxygens (including phenoxy) is 3. The number of esters is 3. The van der Waals surface area contributed by atoms with Gasteiger partial charge < -0.3 is 28.6 Å². The van der Waals surface area contributed by atoms with Gasteiger partial charge in [0.1, 0.15) is 22.6 Å². The number of phenolic OH excluding ortho intramolecular Hbond substituents is 1. The maximum atomic E-state index is 11.9. The third-order valence-electron chi connectivity index (χ3n) is 9.68. The molecule has 0 radical (unpaired) electrons. The molecule has 0 saturated carbocycles. The van der Waals surface area contributed by atoms with Crippen LogP contribution >= 0.6 is 49.9 Å². The standard InChI is InChI=1S/C20H28BNO4S.C14H16BrNO2S.C14H17NO3S/c1-18(2,3)24-17(23)11-10-16-22-14-12-13(8-9-15(14)27-16)21-25-19(4,5)20(6,7)26-21;1-14(2,3)18-13(17)7-6-12-16-10-8-9(15)4-5-11(10)19-12;1-14(2,3)18-13(17)7-6-12-15-10-8-9(16)4-5-11(10)19-12/h8-9,12H,10-11H2,1-7H3;4-5,8H,6-7H2,1-3H3;4-5,8,16H,6-7H2,1-3H3. The SMILES string of the molecule is CC(C)(C)OC(=O)CCc1nc2cc(B3OC(C)(C)C(C)(C)O3)ccc2s1.CC(C)(C)OC(=O)CCc1nc2cc(Br)ccc2s1.CC(C)(C)OC(=O)CCc1nc2cc(O)ccc2s1. The topological polar surface area (TPSA) is 156 Å². The van der Waals surface area contributed by atoms with E-state index in [9.17, 15) is 19.5 Å². The Morgan fingerprint density at radius 3 is 1.34 bits per heavy atom. The first-order valence-corrected chi connectivity index (χ1v) is 24.8. The number of hydrogen-bond donors (Lipinski definition) is 1. The van der Waals surface area contributed by atoms with E-state index in [0.29, 0.717) is 38.5 Å². The predicted molar refractivity (Wildman–Crippen MR) is 266 cm³/mol. The molecule has 1 aliphatic rings. The van der Waals surface area contributed by atoms with E-state index in [4.69, 9.17) is 23.5 Å². The van der Waals surface area contributed by atoms with E-state index in [2.05, 4.69) is 30.9 Å². The van der Waals surface area contributed by atoms with Crippen LogP contribution in [0.2, 0.25) is 0 Å². The number of carbonyl (C=O) groups excluding carboxylic acids is 3. The van der Waals surface area contributed by atoms with Crippen molar-refractivity contribution >= 4 is 111 Å². The highest BCUT2D eigenvalue weighted by Gasteiger charge is 2.51. The third kappa shape index (κ3) is 16.1. The van der Waals surface area contributed by atoms with Crippen LogP contribution in [0.15, 0.2) is 59.1 Å². The second kappa shape index (κ2) is 20.9. The van der Waals surface area contributed by atoms with Crippen molar-refractivity contribution in [2.24, 2.45) is 0 Å². The Balaban J connectivity index is 0.000000188. The number of aryl methyl sites for hydroxylation is 3. The molecule has 0 unspecified atom stereocenters. The van der Waals surface area contributed by atoms with Crippen molar-refractivity contribution in [2.75, 3.05) is 0 Å². The lowest BCUT2D eigenvalue weighted by molar-refractivity contribution is -0.155. The van der Waals surface area contributed by atoms with E-state index in [1.54, 1.807) is 34.8 Å². The number of benzene rings is 3. The summed E-state index contributed by atoms with van der Waals surface area (Å²) in [4.78, 5) is 48.8. The molecule has 1 aliphatic heterocycles. The summed E-state index contributed by atoms with van der Waals surface area (Å²) in [6.07, 6.45) is 2.81. The number of thiazole rings is 3. The van der Waals surface area contributed by atoms with E-state index in [1.807, 2.05) is 132 Å². The lowest BCUT2D eigenvalue weighted by atomic mass is 9.79. The van der Waals surface area contributed by atoms with Gasteiger partial charge in [0.15, 0.2) is 0 Å². The average Bonchev–Trinajstić information content (AvgIpc) is 3.92. The smallest absolute Gasteiger partial charge is 0.494 e. The Labute approximate surface area is 403 Å². The molecular formula is C48H61BBrN3O9S3. The van der Waals surface area contributed by atoms with Crippen molar-refractivity contribution in [2.45, 2.75) is 157 Å². The third-order valence-corrected chi connectivity index (χ3v) is 13.5. The molecule has 4 heterocycles. The van der Waals surface area contributed by atoms with Crippen LogP contribution < -0.4 is 5.46 Å². The number of nitrogens with zero attached hydrogens (tertiary/aromatic N) is 3. The highest BCUT2D eigenvalue weighted by Crippen LogP contribution is 2.37. The molecule has 350 valence electrons. The first-order valence-electron chi connectivity index (χ1n) is 21.6. The first-order chi connectivity index (χ1) is 30.0. The van der Waals surface area contributed by atoms with Gasteiger partial charge in [-0.25, -0.2) is 15.0 Å². The summed E-state index contributed by atoms with van der Waals surface area (Å²) in [7, 11) is -0.397. The highest BCUT2D eigenvalue weighted by molar-refractivity contribution is 9.10. The van der Waals surface area contributed by atoms with Crippen LogP contribution in [0.1, 0.15) is 124 Å². The van der Waals surface area contributed by atoms with Crippen LogP contribution in [0.4, 0.5) is 0 Å². The van der Waals surface area contributed by atoms with Gasteiger partial charge in [-0.1, -0.05) is 22.0 Å². The van der Waals surface area contributed by atoms with Crippen molar-refractivity contribution in [1.29, 1.82) is 0 Å². The Morgan fingerprint density at radius 1 is 0.585 bits per heavy atom. The molecule has 12 nitrogen and oxygen atoms in total. The number of fused-ring (bicyclic) bond motifs is 3. The van der Waals surface area contributed by atoms with Gasteiger partial charge >= 0.3 is 25.0 Å². The number of halogens is 1. The summed E-state index contributed by atoms with van der Waals surface area (Å²) in [6, 6.07) is 17.2. The van der Waals surface area contributed by atoms with Gasteiger partial charge in [-0.3, -0.25) is 14.4 Å². The number of aromatic nitrogens is 3. The Kier molecular flexibility index (Phi) is 16.7. The molecule has 7 rings (SSSR count). The minimum absolute atomic E-state index is 0.173. The van der Waals surface area contributed by atoms with Crippen LogP contribution in [0.3, 0.4) is 0 Å². The number of carbonyl (C=O) groups is 3. The monoisotopic (exact) mass is 1010 g/mol. The lowest BCUT2D eigenvalue weighted by Gasteiger charge is -2.32. The fourth-order valence-corrected chi connectivity index (χ4v) is 9.35. The van der Waals surface area contributed by atoms with Crippen molar-refractivity contribution < 1.29 is 43.0 Å². The number of aromatic hydroxyl groups is 1. The molecule has 1 saturated heterocycles. The Morgan fingerprint density at radius 2 is 0.938 bits per heavy atom. The summed E-state index contributed by atoms with van der Waals surface area (Å²) in [5, 5.41) is 12.2. The Bertz CT molecular complexity index is 2490. The minimum atomic E-state index is -0.456. The fourth-order valence-electron chi connectivity index (χ4n) is 6.16. The zero-order valence-corrected chi connectivity index (χ0v) is 43.7. The van der Waals surface area contributed by atoms with Crippen LogP contribution in [0.5, 0.6) is 5.75 Å². The maximum Gasteiger partial charge on any atom is 0.494 e. The van der Waals surface area contributed by atoms with Crippen LogP contribution in [-0.4, -0.2) is 73.1 Å². The van der Waals surface area contributed by atoms with E-state index in [-0.39, 0.29) is 34.9 Å². The fraction of sp³-hybridized carbons (Fsp3) is 0.500. The molecule has 0 amide bonds. The van der Waals surface area contributed by atoms with Crippen molar-refractivity contribution in [3.8, 4) is 5.75 Å². The van der Waals surface area contributed by atoms with Crippen LogP contribution in [0.25, 0.3) is 30.6 Å². The zero-order valence-electron chi connectivity index (χ0n) is 39.7. The van der Waals surface area contributed by atoms with Gasteiger partial charge in [0, 0.05) is 29.8 Å². The van der Waals surface area contributed by atoms with Crippen molar-refractivity contribution in [3.05, 3.63) is 74.1 Å². The summed E-state index contributed by atoms with van der Waals surface area (Å²) < 4.78 is 32.4. The van der Waals surface area contributed by atoms with Gasteiger partial charge in [-0.05, 0) is 138 Å². The molecule has 3 aromatic carbocycles. The largest absolute Gasteiger partial charge is 0.508 e. The van der Waals surface area contributed by atoms with Crippen LogP contribution in [-0.2, 0) is 57.2 Å². The molecule has 6 aromatic rings. The second-order valence-electron chi connectivity index (χ2n) is 19.7. The predicted octanol–water partition coefficient (Wildman–Crippen LogP) is 11.5. The van der Waals surface area contributed by atoms with Gasteiger partial charge in [-0.2, -0.15) is 0 Å². The first kappa shape index (κ1) is 52.0. The van der Waals surface area contributed by atoms with E-state index < -0.39 is 23.9 Å². The van der Waals surface area contributed by atoms with E-state index in [1.165, 1.54) is 11.3 Å². The molecule has 0 spiro atoms. The molecule has 17 heteroatoms. The molecular weight excluding hydrogens is 949 g/mol. The van der Waals surface area contributed by atoms with E-state index >= 15 is 0 Å². The maximum absolute atomic E-state index is 11.9. The quantitative estimate of drug-likeness (QED) is 0.0788. The normalized spacial score (nSPS) is 14.7. The summed E-state index contributed by atoms with van der Waals surface area (Å²) in [6.45, 7) is 25.0. The average molecular weight is 1010 g/mol. The van der Waals surface area contributed by atoms with E-state index in [0.717, 1.165) is 55.6 Å². The second-order valence-corrected chi connectivity index (χ2v) is 23.9. The molecule has 0 atom stereocenters. The van der Waals surface area contributed by atoms with Gasteiger partial charge in [0.25, 0.3) is 0 Å². The van der Waals surface area contributed by atoms with Gasteiger partial charge in [0.05, 0.1) is 76.1 Å². The molecule has 1 N–H and O–H groups in total. The van der Waals surface area contributed by atoms with Gasteiger partial charge in [-0.15, -0.1) is 34.0 Å². The lowest BCUT2D eigenvalue weighted by Crippen LogP contribution is -2.41. The number of hydrogen-bond acceptors (Lipinski definition) is 15. The minimum Gasteiger partial charge on any atom is -0.508 e. The van der Waals surface area contributed by atoms with Gasteiger partial charge in [0.2, 0.25) is 0 Å². The molecule has 1 fully saturated rings. The summed E-state index contributed by atoms with van der Waals surface area (Å²) in [5.41, 5.74) is 1.55. The molecule has 0 aliphatic carbocycles. The molecule has 0 bridgehead atoms. The number of phenols is 1.